The van der Waals surface area contributed by atoms with Gasteiger partial charge >= 0.3 is 5.97 Å². The zero-order valence-corrected chi connectivity index (χ0v) is 13.4. The Bertz CT molecular complexity index is 728. The van der Waals surface area contributed by atoms with Gasteiger partial charge in [-0.1, -0.05) is 42.1 Å². The minimum atomic E-state index is -1.14. The molecule has 5 nitrogen and oxygen atoms in total. The van der Waals surface area contributed by atoms with Gasteiger partial charge in [-0.05, 0) is 28.8 Å². The molecular weight excluding hydrogens is 316 g/mol. The summed E-state index contributed by atoms with van der Waals surface area (Å²) in [6.07, 6.45) is -1.91. The zero-order valence-electron chi connectivity index (χ0n) is 12.6. The Morgan fingerprint density at radius 2 is 1.74 bits per heavy atom. The van der Waals surface area contributed by atoms with E-state index in [1.807, 2.05) is 0 Å². The summed E-state index contributed by atoms with van der Waals surface area (Å²) < 4.78 is 0. The minimum absolute atomic E-state index is 0.0389. The maximum absolute atomic E-state index is 11.3. The SMILES string of the molecule is CC(=O)SCCC(O)C(O)c1cccc2c(C(=O)O)cccc12. The fourth-order valence-electron chi connectivity index (χ4n) is 2.47. The number of aliphatic hydroxyl groups is 2. The summed E-state index contributed by atoms with van der Waals surface area (Å²) in [5, 5.41) is 30.8. The van der Waals surface area contributed by atoms with Crippen molar-refractivity contribution in [2.75, 3.05) is 5.75 Å². The summed E-state index contributed by atoms with van der Waals surface area (Å²) in [5.41, 5.74) is 0.629. The summed E-state index contributed by atoms with van der Waals surface area (Å²) in [5.74, 6) is -0.626. The molecule has 0 aromatic heterocycles. The third-order valence-electron chi connectivity index (χ3n) is 3.59. The van der Waals surface area contributed by atoms with Gasteiger partial charge in [0.2, 0.25) is 0 Å². The fraction of sp³-hybridized carbons (Fsp3) is 0.294. The van der Waals surface area contributed by atoms with Crippen molar-refractivity contribution in [3.05, 3.63) is 47.5 Å². The van der Waals surface area contributed by atoms with Crippen molar-refractivity contribution in [1.29, 1.82) is 0 Å². The molecule has 0 amide bonds. The number of aliphatic hydroxyl groups excluding tert-OH is 2. The quantitative estimate of drug-likeness (QED) is 0.752. The van der Waals surface area contributed by atoms with Crippen LogP contribution in [0.4, 0.5) is 0 Å². The molecule has 2 aromatic rings. The third kappa shape index (κ3) is 4.10. The number of aromatic carboxylic acids is 1. The summed E-state index contributed by atoms with van der Waals surface area (Å²) in [4.78, 5) is 22.2. The highest BCUT2D eigenvalue weighted by Gasteiger charge is 2.21. The Balaban J connectivity index is 2.30. The number of carboxylic acids is 1. The van der Waals surface area contributed by atoms with Gasteiger partial charge in [0.25, 0.3) is 0 Å². The van der Waals surface area contributed by atoms with Gasteiger partial charge in [-0.3, -0.25) is 4.79 Å². The van der Waals surface area contributed by atoms with Gasteiger partial charge in [0.15, 0.2) is 5.12 Å². The monoisotopic (exact) mass is 334 g/mol. The van der Waals surface area contributed by atoms with E-state index in [1.54, 1.807) is 30.3 Å². The van der Waals surface area contributed by atoms with Gasteiger partial charge in [0, 0.05) is 12.7 Å². The number of carbonyl (C=O) groups excluding carboxylic acids is 1. The lowest BCUT2D eigenvalue weighted by molar-refractivity contribution is -0.109. The van der Waals surface area contributed by atoms with Crippen molar-refractivity contribution in [2.24, 2.45) is 0 Å². The highest BCUT2D eigenvalue weighted by Crippen LogP contribution is 2.29. The van der Waals surface area contributed by atoms with Crippen LogP contribution in [-0.2, 0) is 4.79 Å². The summed E-state index contributed by atoms with van der Waals surface area (Å²) in [6.45, 7) is 1.45. The van der Waals surface area contributed by atoms with Crippen LogP contribution in [0.25, 0.3) is 10.8 Å². The summed E-state index contributed by atoms with van der Waals surface area (Å²) in [6, 6.07) is 9.83. The maximum Gasteiger partial charge on any atom is 0.336 e. The van der Waals surface area contributed by atoms with Crippen LogP contribution in [0.15, 0.2) is 36.4 Å². The second kappa shape index (κ2) is 7.59. The Hall–Kier alpha value is -1.89. The highest BCUT2D eigenvalue weighted by molar-refractivity contribution is 8.13. The third-order valence-corrected chi connectivity index (χ3v) is 4.43. The Kier molecular flexibility index (Phi) is 5.76. The second-order valence-electron chi connectivity index (χ2n) is 5.19. The van der Waals surface area contributed by atoms with Gasteiger partial charge in [0.1, 0.15) is 6.10 Å². The van der Waals surface area contributed by atoms with Crippen molar-refractivity contribution in [3.8, 4) is 0 Å². The van der Waals surface area contributed by atoms with Crippen LogP contribution in [0.2, 0.25) is 0 Å². The molecule has 6 heteroatoms. The molecule has 0 aliphatic heterocycles. The molecular formula is C17H18O5S. The van der Waals surface area contributed by atoms with Crippen molar-refractivity contribution in [2.45, 2.75) is 25.6 Å². The van der Waals surface area contributed by atoms with Crippen LogP contribution in [0.5, 0.6) is 0 Å². The summed E-state index contributed by atoms with van der Waals surface area (Å²) >= 11 is 1.09. The molecule has 0 aliphatic carbocycles. The second-order valence-corrected chi connectivity index (χ2v) is 6.47. The molecule has 0 spiro atoms. The number of fused-ring (bicyclic) bond motifs is 1. The molecule has 0 saturated carbocycles. The Morgan fingerprint density at radius 1 is 1.09 bits per heavy atom. The Labute approximate surface area is 137 Å². The van der Waals surface area contributed by atoms with E-state index in [-0.39, 0.29) is 17.1 Å². The van der Waals surface area contributed by atoms with E-state index in [4.69, 9.17) is 0 Å². The molecule has 3 N–H and O–H groups in total. The van der Waals surface area contributed by atoms with E-state index in [9.17, 15) is 24.9 Å². The number of benzene rings is 2. The standard InChI is InChI=1S/C17H18O5S/c1-10(18)23-9-8-15(19)16(20)13-6-2-5-12-11(13)4-3-7-14(12)17(21)22/h2-7,15-16,19-20H,8-9H2,1H3,(H,21,22). The van der Waals surface area contributed by atoms with E-state index in [0.29, 0.717) is 22.1 Å². The van der Waals surface area contributed by atoms with E-state index < -0.39 is 18.2 Å². The van der Waals surface area contributed by atoms with Gasteiger partial charge in [-0.25, -0.2) is 4.79 Å². The number of hydrogen-bond donors (Lipinski definition) is 3. The molecule has 0 radical (unpaired) electrons. The van der Waals surface area contributed by atoms with Crippen LogP contribution in [0.3, 0.4) is 0 Å². The number of carboxylic acid groups (broad SMARTS) is 1. The average molecular weight is 334 g/mol. The predicted octanol–water partition coefficient (Wildman–Crippen LogP) is 2.60. The lowest BCUT2D eigenvalue weighted by Crippen LogP contribution is -2.19. The van der Waals surface area contributed by atoms with E-state index in [0.717, 1.165) is 11.8 Å². The van der Waals surface area contributed by atoms with Gasteiger partial charge in [-0.2, -0.15) is 0 Å². The van der Waals surface area contributed by atoms with Crippen molar-refractivity contribution < 1.29 is 24.9 Å². The van der Waals surface area contributed by atoms with Crippen molar-refractivity contribution in [1.82, 2.24) is 0 Å². The molecule has 122 valence electrons. The highest BCUT2D eigenvalue weighted by atomic mass is 32.2. The van der Waals surface area contributed by atoms with Crippen molar-refractivity contribution >= 4 is 33.6 Å². The van der Waals surface area contributed by atoms with E-state index in [2.05, 4.69) is 0 Å². The topological polar surface area (TPSA) is 94.8 Å². The molecule has 23 heavy (non-hydrogen) atoms. The first-order valence-electron chi connectivity index (χ1n) is 7.16. The molecule has 0 aliphatic rings. The smallest absolute Gasteiger partial charge is 0.336 e. The first-order chi connectivity index (χ1) is 10.9. The lowest BCUT2D eigenvalue weighted by Gasteiger charge is -2.20. The first-order valence-corrected chi connectivity index (χ1v) is 8.14. The average Bonchev–Trinajstić information content (AvgIpc) is 2.52. The molecule has 2 aromatic carbocycles. The molecule has 0 heterocycles. The lowest BCUT2D eigenvalue weighted by atomic mass is 9.94. The van der Waals surface area contributed by atoms with E-state index >= 15 is 0 Å². The molecule has 0 fully saturated rings. The maximum atomic E-state index is 11.3. The van der Waals surface area contributed by atoms with Crippen molar-refractivity contribution in [3.63, 3.8) is 0 Å². The Morgan fingerprint density at radius 3 is 2.39 bits per heavy atom. The zero-order chi connectivity index (χ0) is 17.0. The van der Waals surface area contributed by atoms with Crippen LogP contribution in [-0.4, -0.2) is 38.3 Å². The van der Waals surface area contributed by atoms with Gasteiger partial charge < -0.3 is 15.3 Å². The van der Waals surface area contributed by atoms with Crippen LogP contribution >= 0.6 is 11.8 Å². The number of rotatable bonds is 6. The molecule has 0 bridgehead atoms. The van der Waals surface area contributed by atoms with Gasteiger partial charge in [-0.15, -0.1) is 0 Å². The fourth-order valence-corrected chi connectivity index (χ4v) is 3.11. The summed E-state index contributed by atoms with van der Waals surface area (Å²) in [7, 11) is 0. The predicted molar refractivity (Wildman–Crippen MR) is 89.6 cm³/mol. The largest absolute Gasteiger partial charge is 0.478 e. The van der Waals surface area contributed by atoms with Crippen LogP contribution in [0, 0.1) is 0 Å². The molecule has 2 unspecified atom stereocenters. The van der Waals surface area contributed by atoms with Crippen LogP contribution < -0.4 is 0 Å². The number of carbonyl (C=O) groups is 2. The van der Waals surface area contributed by atoms with Gasteiger partial charge in [0.05, 0.1) is 11.7 Å². The first kappa shape index (κ1) is 17.5. The minimum Gasteiger partial charge on any atom is -0.478 e. The van der Waals surface area contributed by atoms with E-state index in [1.165, 1.54) is 13.0 Å². The number of hydrogen-bond acceptors (Lipinski definition) is 5. The normalized spacial score (nSPS) is 13.7. The molecule has 0 saturated heterocycles. The molecule has 2 rings (SSSR count). The molecule has 2 atom stereocenters. The van der Waals surface area contributed by atoms with Crippen LogP contribution in [0.1, 0.15) is 35.4 Å². The number of thioether (sulfide) groups is 1.